The SMILES string of the molecule is COc1ccccc1C1c2cccn2CCN1C(=O)c1ccccc1C. The third kappa shape index (κ3) is 2.68. The lowest BCUT2D eigenvalue weighted by Gasteiger charge is -2.38. The molecule has 4 rings (SSSR count). The van der Waals surface area contributed by atoms with E-state index in [0.29, 0.717) is 6.54 Å². The number of aromatic nitrogens is 1. The number of hydrogen-bond acceptors (Lipinski definition) is 2. The monoisotopic (exact) mass is 346 g/mol. The van der Waals surface area contributed by atoms with Gasteiger partial charge in [0.2, 0.25) is 0 Å². The molecule has 132 valence electrons. The molecule has 0 saturated carbocycles. The van der Waals surface area contributed by atoms with Crippen molar-refractivity contribution < 1.29 is 9.53 Å². The molecule has 1 aliphatic rings. The maximum atomic E-state index is 13.4. The van der Waals surface area contributed by atoms with E-state index in [-0.39, 0.29) is 11.9 Å². The van der Waals surface area contributed by atoms with Gasteiger partial charge in [-0.15, -0.1) is 0 Å². The number of aryl methyl sites for hydroxylation is 1. The van der Waals surface area contributed by atoms with E-state index in [2.05, 4.69) is 16.8 Å². The predicted octanol–water partition coefficient (Wildman–Crippen LogP) is 4.05. The molecule has 0 saturated heterocycles. The Labute approximate surface area is 153 Å². The molecule has 0 bridgehead atoms. The first-order valence-corrected chi connectivity index (χ1v) is 8.85. The first kappa shape index (κ1) is 16.5. The van der Waals surface area contributed by atoms with E-state index in [9.17, 15) is 4.79 Å². The Balaban J connectivity index is 1.84. The zero-order valence-electron chi connectivity index (χ0n) is 15.1. The molecule has 2 heterocycles. The number of para-hydroxylation sites is 1. The highest BCUT2D eigenvalue weighted by Gasteiger charge is 2.34. The summed E-state index contributed by atoms with van der Waals surface area (Å²) in [6.45, 7) is 3.45. The van der Waals surface area contributed by atoms with E-state index in [1.165, 1.54) is 0 Å². The largest absolute Gasteiger partial charge is 0.496 e. The van der Waals surface area contributed by atoms with Gasteiger partial charge in [0.05, 0.1) is 7.11 Å². The Kier molecular flexibility index (Phi) is 4.25. The molecule has 4 nitrogen and oxygen atoms in total. The summed E-state index contributed by atoms with van der Waals surface area (Å²) in [6.07, 6.45) is 2.08. The number of rotatable bonds is 3. The van der Waals surface area contributed by atoms with Crippen LogP contribution in [-0.4, -0.2) is 29.0 Å². The zero-order valence-corrected chi connectivity index (χ0v) is 15.1. The third-order valence-electron chi connectivity index (χ3n) is 5.11. The molecule has 0 radical (unpaired) electrons. The van der Waals surface area contributed by atoms with Crippen LogP contribution in [0.2, 0.25) is 0 Å². The number of fused-ring (bicyclic) bond motifs is 1. The molecular formula is C22H22N2O2. The van der Waals surface area contributed by atoms with Crippen LogP contribution in [0.1, 0.15) is 33.2 Å². The smallest absolute Gasteiger partial charge is 0.255 e. The van der Waals surface area contributed by atoms with E-state index in [4.69, 9.17) is 4.74 Å². The van der Waals surface area contributed by atoms with Crippen molar-refractivity contribution in [2.45, 2.75) is 19.5 Å². The second kappa shape index (κ2) is 6.71. The van der Waals surface area contributed by atoms with Crippen molar-refractivity contribution in [3.05, 3.63) is 89.2 Å². The van der Waals surface area contributed by atoms with Gasteiger partial charge in [-0.05, 0) is 36.8 Å². The Bertz CT molecular complexity index is 945. The van der Waals surface area contributed by atoms with Crippen LogP contribution < -0.4 is 4.74 Å². The Morgan fingerprint density at radius 2 is 1.77 bits per heavy atom. The minimum absolute atomic E-state index is 0.0615. The summed E-state index contributed by atoms with van der Waals surface area (Å²) in [5, 5.41) is 0. The highest BCUT2D eigenvalue weighted by atomic mass is 16.5. The van der Waals surface area contributed by atoms with E-state index in [1.807, 2.05) is 66.4 Å². The van der Waals surface area contributed by atoms with Crippen LogP contribution in [0.5, 0.6) is 5.75 Å². The fourth-order valence-corrected chi connectivity index (χ4v) is 3.79. The van der Waals surface area contributed by atoms with Gasteiger partial charge in [0, 0.05) is 36.1 Å². The Hall–Kier alpha value is -3.01. The molecular weight excluding hydrogens is 324 g/mol. The van der Waals surface area contributed by atoms with Gasteiger partial charge >= 0.3 is 0 Å². The summed E-state index contributed by atoms with van der Waals surface area (Å²) in [4.78, 5) is 15.4. The van der Waals surface area contributed by atoms with Gasteiger partial charge < -0.3 is 14.2 Å². The fourth-order valence-electron chi connectivity index (χ4n) is 3.79. The van der Waals surface area contributed by atoms with Crippen LogP contribution in [0.15, 0.2) is 66.9 Å². The van der Waals surface area contributed by atoms with Crippen LogP contribution in [0.3, 0.4) is 0 Å². The van der Waals surface area contributed by atoms with Crippen molar-refractivity contribution >= 4 is 5.91 Å². The average Bonchev–Trinajstić information content (AvgIpc) is 3.16. The minimum atomic E-state index is -0.165. The fraction of sp³-hybridized carbons (Fsp3) is 0.227. The van der Waals surface area contributed by atoms with Crippen molar-refractivity contribution in [1.82, 2.24) is 9.47 Å². The van der Waals surface area contributed by atoms with Crippen molar-refractivity contribution in [2.75, 3.05) is 13.7 Å². The molecule has 1 aromatic heterocycles. The van der Waals surface area contributed by atoms with Crippen molar-refractivity contribution in [3.63, 3.8) is 0 Å². The van der Waals surface area contributed by atoms with E-state index in [0.717, 1.165) is 34.7 Å². The summed E-state index contributed by atoms with van der Waals surface area (Å²) in [6, 6.07) is 19.7. The summed E-state index contributed by atoms with van der Waals surface area (Å²) in [7, 11) is 1.67. The quantitative estimate of drug-likeness (QED) is 0.717. The first-order valence-electron chi connectivity index (χ1n) is 8.85. The number of carbonyl (C=O) groups excluding carboxylic acids is 1. The topological polar surface area (TPSA) is 34.5 Å². The third-order valence-corrected chi connectivity index (χ3v) is 5.11. The van der Waals surface area contributed by atoms with Crippen LogP contribution in [0, 0.1) is 6.92 Å². The summed E-state index contributed by atoms with van der Waals surface area (Å²) in [5.74, 6) is 0.862. The van der Waals surface area contributed by atoms with Crippen molar-refractivity contribution in [3.8, 4) is 5.75 Å². The lowest BCUT2D eigenvalue weighted by molar-refractivity contribution is 0.0661. The molecule has 1 aliphatic heterocycles. The molecule has 0 spiro atoms. The molecule has 1 atom stereocenters. The van der Waals surface area contributed by atoms with E-state index < -0.39 is 0 Å². The van der Waals surface area contributed by atoms with Gasteiger partial charge in [-0.3, -0.25) is 4.79 Å². The molecule has 26 heavy (non-hydrogen) atoms. The standard InChI is InChI=1S/C22H22N2O2/c1-16-8-3-4-9-17(16)22(25)24-15-14-23-13-7-11-19(23)21(24)18-10-5-6-12-20(18)26-2/h3-13,21H,14-15H2,1-2H3. The number of carbonyl (C=O) groups is 1. The second-order valence-corrected chi connectivity index (χ2v) is 6.58. The van der Waals surface area contributed by atoms with Gasteiger partial charge in [-0.25, -0.2) is 0 Å². The normalized spacial score (nSPS) is 16.2. The van der Waals surface area contributed by atoms with Crippen LogP contribution in [0.25, 0.3) is 0 Å². The molecule has 1 unspecified atom stereocenters. The zero-order chi connectivity index (χ0) is 18.1. The Morgan fingerprint density at radius 3 is 2.58 bits per heavy atom. The predicted molar refractivity (Wildman–Crippen MR) is 101 cm³/mol. The van der Waals surface area contributed by atoms with Crippen LogP contribution in [0.4, 0.5) is 0 Å². The van der Waals surface area contributed by atoms with Gasteiger partial charge in [0.15, 0.2) is 0 Å². The number of benzene rings is 2. The molecule has 4 heteroatoms. The van der Waals surface area contributed by atoms with Crippen molar-refractivity contribution in [1.29, 1.82) is 0 Å². The molecule has 3 aromatic rings. The van der Waals surface area contributed by atoms with E-state index >= 15 is 0 Å². The maximum absolute atomic E-state index is 13.4. The van der Waals surface area contributed by atoms with Gasteiger partial charge in [-0.1, -0.05) is 36.4 Å². The number of hydrogen-bond donors (Lipinski definition) is 0. The number of ether oxygens (including phenoxy) is 1. The summed E-state index contributed by atoms with van der Waals surface area (Å²) in [5.41, 5.74) is 3.88. The van der Waals surface area contributed by atoms with Gasteiger partial charge in [0.25, 0.3) is 5.91 Å². The molecule has 2 aromatic carbocycles. The molecule has 0 N–H and O–H groups in total. The lowest BCUT2D eigenvalue weighted by Crippen LogP contribution is -2.42. The number of methoxy groups -OCH3 is 1. The highest BCUT2D eigenvalue weighted by Crippen LogP contribution is 2.38. The number of amides is 1. The van der Waals surface area contributed by atoms with Crippen molar-refractivity contribution in [2.24, 2.45) is 0 Å². The van der Waals surface area contributed by atoms with Crippen LogP contribution in [-0.2, 0) is 6.54 Å². The molecule has 0 fully saturated rings. The maximum Gasteiger partial charge on any atom is 0.255 e. The second-order valence-electron chi connectivity index (χ2n) is 6.58. The molecule has 1 amide bonds. The highest BCUT2D eigenvalue weighted by molar-refractivity contribution is 5.96. The van der Waals surface area contributed by atoms with E-state index in [1.54, 1.807) is 7.11 Å². The van der Waals surface area contributed by atoms with Gasteiger partial charge in [0.1, 0.15) is 11.8 Å². The molecule has 0 aliphatic carbocycles. The van der Waals surface area contributed by atoms with Crippen LogP contribution >= 0.6 is 0 Å². The average molecular weight is 346 g/mol. The van der Waals surface area contributed by atoms with Gasteiger partial charge in [-0.2, -0.15) is 0 Å². The Morgan fingerprint density at radius 1 is 1.00 bits per heavy atom. The summed E-state index contributed by atoms with van der Waals surface area (Å²) >= 11 is 0. The summed E-state index contributed by atoms with van der Waals surface area (Å²) < 4.78 is 7.82. The minimum Gasteiger partial charge on any atom is -0.496 e. The first-order chi connectivity index (χ1) is 12.7. The number of nitrogens with zero attached hydrogens (tertiary/aromatic N) is 2. The lowest BCUT2D eigenvalue weighted by atomic mass is 9.97.